The number of ether oxygens (including phenoxy) is 1. The van der Waals surface area contributed by atoms with Crippen molar-refractivity contribution in [3.8, 4) is 0 Å². The van der Waals surface area contributed by atoms with E-state index in [0.29, 0.717) is 6.42 Å². The third kappa shape index (κ3) is 5.30. The second-order valence-corrected chi connectivity index (χ2v) is 7.69. The normalized spacial score (nSPS) is 12.7. The van der Waals surface area contributed by atoms with E-state index in [9.17, 15) is 23.3 Å². The Labute approximate surface area is 133 Å². The minimum atomic E-state index is -3.53. The summed E-state index contributed by atoms with van der Waals surface area (Å²) in [5.41, 5.74) is -0.343. The number of nitro benzene ring substituents is 1. The van der Waals surface area contributed by atoms with Crippen molar-refractivity contribution in [2.45, 2.75) is 36.2 Å². The molecule has 0 radical (unpaired) electrons. The Bertz CT molecular complexity index is 671. The molecule has 9 heteroatoms. The van der Waals surface area contributed by atoms with Gasteiger partial charge in [-0.05, 0) is 25.5 Å². The van der Waals surface area contributed by atoms with Crippen molar-refractivity contribution in [3.63, 3.8) is 0 Å². The summed E-state index contributed by atoms with van der Waals surface area (Å²) < 4.78 is 27.9. The number of benzene rings is 1. The fraction of sp³-hybridized carbons (Fsp3) is 0.462. The molecule has 1 atom stereocenters. The van der Waals surface area contributed by atoms with Crippen LogP contribution in [0.15, 0.2) is 28.0 Å². The van der Waals surface area contributed by atoms with Gasteiger partial charge in [0.15, 0.2) is 9.84 Å². The summed E-state index contributed by atoms with van der Waals surface area (Å²) in [5.74, 6) is -0.551. The average Bonchev–Trinajstić information content (AvgIpc) is 2.43. The van der Waals surface area contributed by atoms with Gasteiger partial charge in [-0.3, -0.25) is 14.9 Å². The molecule has 0 aliphatic rings. The second kappa shape index (κ2) is 7.59. The van der Waals surface area contributed by atoms with Crippen LogP contribution in [0.4, 0.5) is 5.69 Å². The summed E-state index contributed by atoms with van der Waals surface area (Å²) in [4.78, 5) is 22.1. The highest BCUT2D eigenvalue weighted by Gasteiger charge is 2.20. The number of hydrogen-bond acceptors (Lipinski definition) is 7. The van der Waals surface area contributed by atoms with Gasteiger partial charge < -0.3 is 4.74 Å². The highest BCUT2D eigenvalue weighted by Crippen LogP contribution is 2.31. The molecule has 122 valence electrons. The molecule has 1 aromatic rings. The van der Waals surface area contributed by atoms with Gasteiger partial charge in [0.2, 0.25) is 0 Å². The van der Waals surface area contributed by atoms with Crippen molar-refractivity contribution in [2.24, 2.45) is 0 Å². The molecular weight excluding hydrogens is 330 g/mol. The minimum absolute atomic E-state index is 0.0800. The summed E-state index contributed by atoms with van der Waals surface area (Å²) in [7, 11) is -3.53. The van der Waals surface area contributed by atoms with Gasteiger partial charge in [0.05, 0.1) is 26.6 Å². The molecule has 22 heavy (non-hydrogen) atoms. The van der Waals surface area contributed by atoms with Gasteiger partial charge in [0.25, 0.3) is 5.69 Å². The number of hydrogen-bond donors (Lipinski definition) is 0. The fourth-order valence-corrected chi connectivity index (χ4v) is 2.90. The molecule has 0 aromatic heterocycles. The van der Waals surface area contributed by atoms with Crippen molar-refractivity contribution in [3.05, 3.63) is 28.3 Å². The molecule has 0 amide bonds. The second-order valence-electron chi connectivity index (χ2n) is 4.66. The van der Waals surface area contributed by atoms with E-state index in [1.165, 1.54) is 12.1 Å². The van der Waals surface area contributed by atoms with Crippen LogP contribution < -0.4 is 0 Å². The van der Waals surface area contributed by atoms with Crippen LogP contribution in [0.1, 0.15) is 20.3 Å². The molecule has 0 heterocycles. The molecule has 7 nitrogen and oxygen atoms in total. The number of carbonyl (C=O) groups is 1. The Morgan fingerprint density at radius 1 is 1.45 bits per heavy atom. The van der Waals surface area contributed by atoms with Gasteiger partial charge in [-0.15, -0.1) is 11.8 Å². The topological polar surface area (TPSA) is 104 Å². The first kappa shape index (κ1) is 18.4. The molecule has 1 rings (SSSR count). The predicted octanol–water partition coefficient (Wildman–Crippen LogP) is 2.43. The van der Waals surface area contributed by atoms with E-state index in [1.807, 2.05) is 6.92 Å². The first-order valence-electron chi connectivity index (χ1n) is 6.46. The molecule has 0 bridgehead atoms. The van der Waals surface area contributed by atoms with Crippen molar-refractivity contribution in [1.29, 1.82) is 0 Å². The van der Waals surface area contributed by atoms with Crippen LogP contribution in [0, 0.1) is 10.1 Å². The Balaban J connectivity index is 2.91. The first-order valence-corrected chi connectivity index (χ1v) is 9.33. The maximum atomic E-state index is 11.6. The Kier molecular flexibility index (Phi) is 6.36. The van der Waals surface area contributed by atoms with Gasteiger partial charge in [-0.25, -0.2) is 8.42 Å². The smallest absolute Gasteiger partial charge is 0.316 e. The van der Waals surface area contributed by atoms with E-state index in [1.54, 1.807) is 6.92 Å². The lowest BCUT2D eigenvalue weighted by atomic mass is 10.3. The van der Waals surface area contributed by atoms with Crippen molar-refractivity contribution in [1.82, 2.24) is 0 Å². The van der Waals surface area contributed by atoms with Crippen molar-refractivity contribution < 1.29 is 22.9 Å². The molecule has 0 unspecified atom stereocenters. The van der Waals surface area contributed by atoms with Crippen LogP contribution in [-0.2, 0) is 19.4 Å². The van der Waals surface area contributed by atoms with E-state index in [0.717, 1.165) is 24.1 Å². The molecular formula is C13H17NO6S2. The zero-order valence-corrected chi connectivity index (χ0v) is 14.1. The molecule has 0 N–H and O–H groups in total. The zero-order valence-electron chi connectivity index (χ0n) is 12.4. The molecule has 0 saturated carbocycles. The van der Waals surface area contributed by atoms with Crippen molar-refractivity contribution in [2.75, 3.05) is 12.0 Å². The fourth-order valence-electron chi connectivity index (χ4n) is 1.47. The van der Waals surface area contributed by atoms with Gasteiger partial charge in [0, 0.05) is 12.3 Å². The van der Waals surface area contributed by atoms with Gasteiger partial charge in [-0.2, -0.15) is 0 Å². The number of nitro groups is 1. The molecule has 0 aliphatic heterocycles. The van der Waals surface area contributed by atoms with E-state index in [2.05, 4.69) is 0 Å². The zero-order chi connectivity index (χ0) is 16.9. The van der Waals surface area contributed by atoms with Crippen LogP contribution in [0.25, 0.3) is 0 Å². The Hall–Kier alpha value is -1.61. The summed E-state index contributed by atoms with van der Waals surface area (Å²) >= 11 is 0.944. The predicted molar refractivity (Wildman–Crippen MR) is 82.8 cm³/mol. The van der Waals surface area contributed by atoms with Crippen LogP contribution >= 0.6 is 11.8 Å². The number of sulfone groups is 1. The van der Waals surface area contributed by atoms with Gasteiger partial charge in [0.1, 0.15) is 0 Å². The van der Waals surface area contributed by atoms with E-state index >= 15 is 0 Å². The quantitative estimate of drug-likeness (QED) is 0.323. The highest BCUT2D eigenvalue weighted by atomic mass is 32.2. The molecule has 0 fully saturated rings. The SMILES string of the molecule is CC[C@H](C)OC(=O)CSc1ccc(S(C)(=O)=O)cc1[N+](=O)[O-]. The van der Waals surface area contributed by atoms with Crippen LogP contribution in [0.3, 0.4) is 0 Å². The van der Waals surface area contributed by atoms with E-state index < -0.39 is 20.7 Å². The summed E-state index contributed by atoms with van der Waals surface area (Å²) in [6, 6.07) is 3.61. The van der Waals surface area contributed by atoms with Crippen molar-refractivity contribution >= 4 is 33.3 Å². The number of thioether (sulfide) groups is 1. The lowest BCUT2D eigenvalue weighted by Crippen LogP contribution is -2.15. The minimum Gasteiger partial charge on any atom is -0.462 e. The van der Waals surface area contributed by atoms with E-state index in [-0.39, 0.29) is 27.3 Å². The third-order valence-corrected chi connectivity index (χ3v) is 4.95. The number of nitrogens with zero attached hydrogens (tertiary/aromatic N) is 1. The summed E-state index contributed by atoms with van der Waals surface area (Å²) in [5, 5.41) is 11.1. The first-order chi connectivity index (χ1) is 10.1. The Morgan fingerprint density at radius 3 is 2.59 bits per heavy atom. The maximum absolute atomic E-state index is 11.6. The summed E-state index contributed by atoms with van der Waals surface area (Å²) in [6.07, 6.45) is 1.44. The lowest BCUT2D eigenvalue weighted by Gasteiger charge is -2.10. The maximum Gasteiger partial charge on any atom is 0.316 e. The number of esters is 1. The van der Waals surface area contributed by atoms with Crippen LogP contribution in [0.5, 0.6) is 0 Å². The monoisotopic (exact) mass is 347 g/mol. The number of carbonyl (C=O) groups excluding carboxylic acids is 1. The molecule has 1 aromatic carbocycles. The van der Waals surface area contributed by atoms with Crippen LogP contribution in [0.2, 0.25) is 0 Å². The van der Waals surface area contributed by atoms with Crippen LogP contribution in [-0.4, -0.2) is 37.4 Å². The number of rotatable bonds is 7. The lowest BCUT2D eigenvalue weighted by molar-refractivity contribution is -0.388. The Morgan fingerprint density at radius 2 is 2.09 bits per heavy atom. The molecule has 0 saturated heterocycles. The average molecular weight is 347 g/mol. The van der Waals surface area contributed by atoms with E-state index in [4.69, 9.17) is 4.74 Å². The third-order valence-electron chi connectivity index (χ3n) is 2.81. The standard InChI is InChI=1S/C13H17NO6S2/c1-4-9(2)20-13(15)8-21-12-6-5-10(22(3,18)19)7-11(12)14(16)17/h5-7,9H,4,8H2,1-3H3/t9-/m0/s1. The molecule has 0 spiro atoms. The largest absolute Gasteiger partial charge is 0.462 e. The molecule has 0 aliphatic carbocycles. The van der Waals surface area contributed by atoms with Gasteiger partial charge in [-0.1, -0.05) is 6.92 Å². The summed E-state index contributed by atoms with van der Waals surface area (Å²) in [6.45, 7) is 3.63. The van der Waals surface area contributed by atoms with Gasteiger partial charge >= 0.3 is 5.97 Å². The highest BCUT2D eigenvalue weighted by molar-refractivity contribution is 8.00.